The van der Waals surface area contributed by atoms with Crippen LogP contribution in [-0.4, -0.2) is 32.8 Å². The van der Waals surface area contributed by atoms with Gasteiger partial charge in [0.2, 0.25) is 10.0 Å². The van der Waals surface area contributed by atoms with E-state index in [2.05, 4.69) is 10.6 Å². The lowest BCUT2D eigenvalue weighted by Gasteiger charge is -2.18. The molecular formula is C19H25N3O3S. The van der Waals surface area contributed by atoms with Gasteiger partial charge in [-0.2, -0.15) is 0 Å². The number of benzene rings is 2. The maximum absolute atomic E-state index is 12.3. The summed E-state index contributed by atoms with van der Waals surface area (Å²) < 4.78 is 25.5. The second-order valence-corrected chi connectivity index (χ2v) is 8.44. The zero-order valence-corrected chi connectivity index (χ0v) is 16.3. The van der Waals surface area contributed by atoms with Crippen LogP contribution in [0.3, 0.4) is 0 Å². The highest BCUT2D eigenvalue weighted by Gasteiger charge is 2.18. The van der Waals surface area contributed by atoms with E-state index in [0.717, 1.165) is 21.9 Å². The van der Waals surface area contributed by atoms with Gasteiger partial charge in [-0.05, 0) is 37.1 Å². The summed E-state index contributed by atoms with van der Waals surface area (Å²) >= 11 is 0. The molecule has 140 valence electrons. The topological polar surface area (TPSA) is 78.5 Å². The molecule has 0 bridgehead atoms. The van der Waals surface area contributed by atoms with Crippen molar-refractivity contribution in [1.29, 1.82) is 0 Å². The second-order valence-electron chi connectivity index (χ2n) is 6.29. The third kappa shape index (κ3) is 4.83. The van der Waals surface area contributed by atoms with E-state index in [0.29, 0.717) is 5.69 Å². The Hall–Kier alpha value is -2.38. The predicted molar refractivity (Wildman–Crippen MR) is 104 cm³/mol. The first-order chi connectivity index (χ1) is 12.2. The molecule has 0 aliphatic carbocycles. The number of carbonyl (C=O) groups is 1. The number of amides is 2. The second kappa shape index (κ2) is 8.33. The van der Waals surface area contributed by atoms with E-state index in [1.807, 2.05) is 38.1 Å². The van der Waals surface area contributed by atoms with Gasteiger partial charge >= 0.3 is 6.03 Å². The SMILES string of the molecule is CC[C@@H](NC(=O)Nc1cccc(S(=O)(=O)N(C)C)c1)c1ccc(C)cc1. The number of nitrogens with one attached hydrogen (secondary N) is 2. The average Bonchev–Trinajstić information content (AvgIpc) is 2.60. The van der Waals surface area contributed by atoms with Crippen LogP contribution in [0, 0.1) is 6.92 Å². The number of rotatable bonds is 6. The fourth-order valence-corrected chi connectivity index (χ4v) is 3.44. The lowest BCUT2D eigenvalue weighted by atomic mass is 10.0. The molecule has 0 aliphatic heterocycles. The van der Waals surface area contributed by atoms with E-state index in [-0.39, 0.29) is 17.0 Å². The van der Waals surface area contributed by atoms with Crippen LogP contribution in [0.15, 0.2) is 53.4 Å². The third-order valence-electron chi connectivity index (χ3n) is 4.06. The third-order valence-corrected chi connectivity index (χ3v) is 5.87. The predicted octanol–water partition coefficient (Wildman–Crippen LogP) is 3.52. The number of aryl methyl sites for hydroxylation is 1. The fourth-order valence-electron chi connectivity index (χ4n) is 2.49. The molecule has 2 aromatic rings. The molecule has 2 aromatic carbocycles. The van der Waals surface area contributed by atoms with Gasteiger partial charge in [0.25, 0.3) is 0 Å². The van der Waals surface area contributed by atoms with E-state index >= 15 is 0 Å². The smallest absolute Gasteiger partial charge is 0.319 e. The van der Waals surface area contributed by atoms with E-state index in [1.165, 1.54) is 26.2 Å². The first kappa shape index (κ1) is 19.9. The molecule has 0 saturated heterocycles. The number of hydrogen-bond acceptors (Lipinski definition) is 3. The highest BCUT2D eigenvalue weighted by Crippen LogP contribution is 2.20. The molecule has 26 heavy (non-hydrogen) atoms. The first-order valence-electron chi connectivity index (χ1n) is 8.40. The minimum absolute atomic E-state index is 0.121. The molecule has 2 amide bonds. The van der Waals surface area contributed by atoms with Gasteiger partial charge in [0.05, 0.1) is 10.9 Å². The number of carbonyl (C=O) groups excluding carboxylic acids is 1. The zero-order valence-electron chi connectivity index (χ0n) is 15.5. The van der Waals surface area contributed by atoms with E-state index in [9.17, 15) is 13.2 Å². The number of hydrogen-bond donors (Lipinski definition) is 2. The summed E-state index contributed by atoms with van der Waals surface area (Å²) in [5, 5.41) is 5.63. The number of nitrogens with zero attached hydrogens (tertiary/aromatic N) is 1. The van der Waals surface area contributed by atoms with E-state index < -0.39 is 10.0 Å². The number of sulfonamides is 1. The fraction of sp³-hybridized carbons (Fsp3) is 0.316. The number of anilines is 1. The lowest BCUT2D eigenvalue weighted by molar-refractivity contribution is 0.248. The lowest BCUT2D eigenvalue weighted by Crippen LogP contribution is -2.32. The summed E-state index contributed by atoms with van der Waals surface area (Å²) in [7, 11) is -0.613. The van der Waals surface area contributed by atoms with Crippen LogP contribution >= 0.6 is 0 Å². The molecule has 0 unspecified atom stereocenters. The molecule has 2 N–H and O–H groups in total. The Kier molecular flexibility index (Phi) is 6.39. The molecule has 2 rings (SSSR count). The Bertz CT molecular complexity index is 862. The van der Waals surface area contributed by atoms with Gasteiger partial charge in [0.1, 0.15) is 0 Å². The van der Waals surface area contributed by atoms with Crippen molar-refractivity contribution in [2.24, 2.45) is 0 Å². The van der Waals surface area contributed by atoms with Gasteiger partial charge in [0.15, 0.2) is 0 Å². The molecule has 0 heterocycles. The molecule has 0 radical (unpaired) electrons. The van der Waals surface area contributed by atoms with Crippen molar-refractivity contribution in [3.63, 3.8) is 0 Å². The summed E-state index contributed by atoms with van der Waals surface area (Å²) in [5.41, 5.74) is 2.60. The average molecular weight is 375 g/mol. The Morgan fingerprint density at radius 3 is 2.35 bits per heavy atom. The first-order valence-corrected chi connectivity index (χ1v) is 9.84. The molecule has 6 nitrogen and oxygen atoms in total. The molecule has 0 aliphatic rings. The van der Waals surface area contributed by atoms with Crippen LogP contribution in [0.2, 0.25) is 0 Å². The molecule has 0 saturated carbocycles. The quantitative estimate of drug-likeness (QED) is 0.811. The molecule has 0 spiro atoms. The Balaban J connectivity index is 2.11. The van der Waals surface area contributed by atoms with E-state index in [1.54, 1.807) is 12.1 Å². The maximum atomic E-state index is 12.3. The van der Waals surface area contributed by atoms with Crippen molar-refractivity contribution in [2.45, 2.75) is 31.2 Å². The molecule has 1 atom stereocenters. The Morgan fingerprint density at radius 1 is 1.12 bits per heavy atom. The van der Waals surface area contributed by atoms with Crippen LogP contribution in [0.4, 0.5) is 10.5 Å². The van der Waals surface area contributed by atoms with E-state index in [4.69, 9.17) is 0 Å². The van der Waals surface area contributed by atoms with Crippen molar-refractivity contribution in [1.82, 2.24) is 9.62 Å². The summed E-state index contributed by atoms with van der Waals surface area (Å²) in [4.78, 5) is 12.5. The van der Waals surface area contributed by atoms with Gasteiger partial charge in [-0.15, -0.1) is 0 Å². The highest BCUT2D eigenvalue weighted by molar-refractivity contribution is 7.89. The maximum Gasteiger partial charge on any atom is 0.319 e. The van der Waals surface area contributed by atoms with Crippen molar-refractivity contribution in [3.05, 3.63) is 59.7 Å². The van der Waals surface area contributed by atoms with Gasteiger partial charge in [-0.3, -0.25) is 0 Å². The minimum atomic E-state index is -3.55. The van der Waals surface area contributed by atoms with Crippen LogP contribution < -0.4 is 10.6 Å². The van der Waals surface area contributed by atoms with Gasteiger partial charge < -0.3 is 10.6 Å². The van der Waals surface area contributed by atoms with Crippen LogP contribution in [0.5, 0.6) is 0 Å². The van der Waals surface area contributed by atoms with Crippen molar-refractivity contribution in [3.8, 4) is 0 Å². The van der Waals surface area contributed by atoms with Crippen LogP contribution in [-0.2, 0) is 10.0 Å². The highest BCUT2D eigenvalue weighted by atomic mass is 32.2. The van der Waals surface area contributed by atoms with Gasteiger partial charge in [-0.1, -0.05) is 42.8 Å². The van der Waals surface area contributed by atoms with Crippen molar-refractivity contribution in [2.75, 3.05) is 19.4 Å². The Labute approximate surface area is 155 Å². The van der Waals surface area contributed by atoms with Crippen LogP contribution in [0.25, 0.3) is 0 Å². The van der Waals surface area contributed by atoms with Crippen LogP contribution in [0.1, 0.15) is 30.5 Å². The molecular weight excluding hydrogens is 350 g/mol. The molecule has 7 heteroatoms. The monoisotopic (exact) mass is 375 g/mol. The summed E-state index contributed by atoms with van der Waals surface area (Å²) in [6, 6.07) is 13.7. The summed E-state index contributed by atoms with van der Waals surface area (Å²) in [6.45, 7) is 4.01. The van der Waals surface area contributed by atoms with Gasteiger partial charge in [0, 0.05) is 19.8 Å². The zero-order chi connectivity index (χ0) is 19.3. The normalized spacial score (nSPS) is 12.7. The summed E-state index contributed by atoms with van der Waals surface area (Å²) in [5.74, 6) is 0. The van der Waals surface area contributed by atoms with Crippen molar-refractivity contribution < 1.29 is 13.2 Å². The van der Waals surface area contributed by atoms with Crippen molar-refractivity contribution >= 4 is 21.7 Å². The van der Waals surface area contributed by atoms with Gasteiger partial charge in [-0.25, -0.2) is 17.5 Å². The standard InChI is InChI=1S/C19H25N3O3S/c1-5-18(15-11-9-14(2)10-12-15)21-19(23)20-16-7-6-8-17(13-16)26(24,25)22(3)4/h6-13,18H,5H2,1-4H3,(H2,20,21,23)/t18-/m1/s1. The number of urea groups is 1. The Morgan fingerprint density at radius 2 is 1.77 bits per heavy atom. The molecule has 0 aromatic heterocycles. The minimum Gasteiger partial charge on any atom is -0.331 e. The summed E-state index contributed by atoms with van der Waals surface area (Å²) in [6.07, 6.45) is 0.742. The molecule has 0 fully saturated rings. The largest absolute Gasteiger partial charge is 0.331 e.